The van der Waals surface area contributed by atoms with Crippen LogP contribution in [0.15, 0.2) is 47.6 Å². The second kappa shape index (κ2) is 11.7. The number of nitrogens with one attached hydrogen (secondary N) is 2. The van der Waals surface area contributed by atoms with Gasteiger partial charge in [-0.2, -0.15) is 0 Å². The van der Waals surface area contributed by atoms with E-state index in [0.29, 0.717) is 33.7 Å². The monoisotopic (exact) mass is 497 g/mol. The SMILES string of the molecule is COc1ccc(C(=O)N[C@@H](c2nnc(SCC(=O)Nc3cc(C)ccc3OC)n2C)C(C)C)cc1. The number of aromatic nitrogens is 3. The second-order valence-corrected chi connectivity index (χ2v) is 9.31. The van der Waals surface area contributed by atoms with Gasteiger partial charge in [0.15, 0.2) is 11.0 Å². The molecule has 35 heavy (non-hydrogen) atoms. The number of ether oxygens (including phenoxy) is 2. The fourth-order valence-electron chi connectivity index (χ4n) is 3.45. The van der Waals surface area contributed by atoms with Gasteiger partial charge >= 0.3 is 0 Å². The van der Waals surface area contributed by atoms with E-state index in [0.717, 1.165) is 5.56 Å². The molecule has 0 saturated carbocycles. The van der Waals surface area contributed by atoms with Crippen LogP contribution < -0.4 is 20.1 Å². The minimum atomic E-state index is -0.359. The van der Waals surface area contributed by atoms with Gasteiger partial charge in [0.1, 0.15) is 11.5 Å². The zero-order valence-corrected chi connectivity index (χ0v) is 21.6. The number of methoxy groups -OCH3 is 2. The summed E-state index contributed by atoms with van der Waals surface area (Å²) < 4.78 is 12.3. The van der Waals surface area contributed by atoms with Gasteiger partial charge < -0.3 is 24.7 Å². The van der Waals surface area contributed by atoms with Crippen LogP contribution in [0.4, 0.5) is 5.69 Å². The zero-order valence-electron chi connectivity index (χ0n) is 20.8. The van der Waals surface area contributed by atoms with Crippen LogP contribution in [0.1, 0.15) is 41.6 Å². The molecule has 3 rings (SSSR count). The van der Waals surface area contributed by atoms with Gasteiger partial charge in [-0.3, -0.25) is 9.59 Å². The van der Waals surface area contributed by atoms with Gasteiger partial charge in [-0.05, 0) is 54.8 Å². The molecule has 2 aromatic carbocycles. The maximum absolute atomic E-state index is 12.8. The normalized spacial score (nSPS) is 11.7. The predicted molar refractivity (Wildman–Crippen MR) is 136 cm³/mol. The van der Waals surface area contributed by atoms with Gasteiger partial charge in [0.2, 0.25) is 5.91 Å². The summed E-state index contributed by atoms with van der Waals surface area (Å²) in [5.74, 6) is 1.71. The maximum Gasteiger partial charge on any atom is 0.251 e. The fraction of sp³-hybridized carbons (Fsp3) is 0.360. The number of hydrogen-bond donors (Lipinski definition) is 2. The van der Waals surface area contributed by atoms with Crippen LogP contribution in [-0.2, 0) is 11.8 Å². The highest BCUT2D eigenvalue weighted by Crippen LogP contribution is 2.27. The number of benzene rings is 2. The first-order valence-corrected chi connectivity index (χ1v) is 12.1. The van der Waals surface area contributed by atoms with Gasteiger partial charge in [-0.25, -0.2) is 0 Å². The molecule has 10 heteroatoms. The van der Waals surface area contributed by atoms with E-state index in [1.165, 1.54) is 11.8 Å². The first-order valence-electron chi connectivity index (χ1n) is 11.1. The molecule has 186 valence electrons. The molecule has 1 atom stereocenters. The Kier molecular flexibility index (Phi) is 8.75. The lowest BCUT2D eigenvalue weighted by atomic mass is 10.0. The van der Waals surface area contributed by atoms with E-state index in [-0.39, 0.29) is 29.5 Å². The Balaban J connectivity index is 1.67. The summed E-state index contributed by atoms with van der Waals surface area (Å²) in [6, 6.07) is 12.2. The van der Waals surface area contributed by atoms with Crippen molar-refractivity contribution < 1.29 is 19.1 Å². The Labute approximate surface area is 209 Å². The summed E-state index contributed by atoms with van der Waals surface area (Å²) in [5.41, 5.74) is 2.16. The molecule has 3 aromatic rings. The van der Waals surface area contributed by atoms with Crippen LogP contribution in [0, 0.1) is 12.8 Å². The van der Waals surface area contributed by atoms with Crippen molar-refractivity contribution in [2.45, 2.75) is 32.0 Å². The number of nitrogens with zero attached hydrogens (tertiary/aromatic N) is 3. The summed E-state index contributed by atoms with van der Waals surface area (Å²) in [6.07, 6.45) is 0. The number of hydrogen-bond acceptors (Lipinski definition) is 7. The fourth-order valence-corrected chi connectivity index (χ4v) is 4.17. The van der Waals surface area contributed by atoms with E-state index < -0.39 is 0 Å². The van der Waals surface area contributed by atoms with Crippen LogP contribution in [0.2, 0.25) is 0 Å². The molecule has 1 aromatic heterocycles. The van der Waals surface area contributed by atoms with Crippen LogP contribution in [-0.4, -0.2) is 46.6 Å². The van der Waals surface area contributed by atoms with Crippen molar-refractivity contribution in [3.63, 3.8) is 0 Å². The van der Waals surface area contributed by atoms with Crippen LogP contribution >= 0.6 is 11.8 Å². The lowest BCUT2D eigenvalue weighted by Gasteiger charge is -2.21. The van der Waals surface area contributed by atoms with E-state index in [4.69, 9.17) is 9.47 Å². The van der Waals surface area contributed by atoms with Gasteiger partial charge in [0.05, 0.1) is 31.7 Å². The van der Waals surface area contributed by atoms with E-state index in [1.807, 2.05) is 50.6 Å². The summed E-state index contributed by atoms with van der Waals surface area (Å²) in [4.78, 5) is 25.4. The standard InChI is InChI=1S/C25H31N5O4S/c1-15(2)22(27-24(32)17-8-10-18(33-5)11-9-17)23-28-29-25(30(23)4)35-14-21(31)26-19-13-16(3)7-12-20(19)34-6/h7-13,15,22H,14H2,1-6H3,(H,26,31)(H,27,32)/t22-/m1/s1. The summed E-state index contributed by atoms with van der Waals surface area (Å²) in [5, 5.41) is 15.1. The molecule has 0 aliphatic carbocycles. The lowest BCUT2D eigenvalue weighted by molar-refractivity contribution is -0.113. The molecule has 0 fully saturated rings. The number of anilines is 1. The lowest BCUT2D eigenvalue weighted by Crippen LogP contribution is -2.33. The van der Waals surface area contributed by atoms with E-state index in [2.05, 4.69) is 20.8 Å². The Bertz CT molecular complexity index is 1180. The number of thioether (sulfide) groups is 1. The molecule has 0 aliphatic rings. The molecule has 9 nitrogen and oxygen atoms in total. The molecule has 2 amide bonds. The largest absolute Gasteiger partial charge is 0.497 e. The average Bonchev–Trinajstić information content (AvgIpc) is 3.20. The van der Waals surface area contributed by atoms with Gasteiger partial charge in [-0.1, -0.05) is 31.7 Å². The van der Waals surface area contributed by atoms with Gasteiger partial charge in [0, 0.05) is 12.6 Å². The highest BCUT2D eigenvalue weighted by molar-refractivity contribution is 7.99. The topological polar surface area (TPSA) is 107 Å². The molecule has 2 N–H and O–H groups in total. The quantitative estimate of drug-likeness (QED) is 0.408. The van der Waals surface area contributed by atoms with Crippen molar-refractivity contribution >= 4 is 29.3 Å². The minimum absolute atomic E-state index is 0.0648. The highest BCUT2D eigenvalue weighted by Gasteiger charge is 2.25. The second-order valence-electron chi connectivity index (χ2n) is 8.36. The third-order valence-corrected chi connectivity index (χ3v) is 6.43. The Hall–Kier alpha value is -3.53. The van der Waals surface area contributed by atoms with Crippen LogP contribution in [0.5, 0.6) is 11.5 Å². The Morgan fingerprint density at radius 1 is 1.06 bits per heavy atom. The number of amides is 2. The van der Waals surface area contributed by atoms with Crippen molar-refractivity contribution in [2.75, 3.05) is 25.3 Å². The summed E-state index contributed by atoms with van der Waals surface area (Å²) in [7, 11) is 4.97. The summed E-state index contributed by atoms with van der Waals surface area (Å²) >= 11 is 1.27. The van der Waals surface area contributed by atoms with Crippen molar-refractivity contribution in [2.24, 2.45) is 13.0 Å². The third-order valence-electron chi connectivity index (χ3n) is 5.41. The van der Waals surface area contributed by atoms with Gasteiger partial charge in [-0.15, -0.1) is 10.2 Å². The number of aryl methyl sites for hydroxylation is 1. The van der Waals surface area contributed by atoms with Gasteiger partial charge in [0.25, 0.3) is 5.91 Å². The first kappa shape index (κ1) is 26.1. The molecule has 0 saturated heterocycles. The first-order chi connectivity index (χ1) is 16.7. The predicted octanol–water partition coefficient (Wildman–Crippen LogP) is 4.00. The van der Waals surface area contributed by atoms with E-state index in [1.54, 1.807) is 38.5 Å². The smallest absolute Gasteiger partial charge is 0.251 e. The number of carbonyl (C=O) groups excluding carboxylic acids is 2. The number of rotatable bonds is 10. The van der Waals surface area contributed by atoms with Crippen molar-refractivity contribution in [1.29, 1.82) is 0 Å². The van der Waals surface area contributed by atoms with Crippen LogP contribution in [0.25, 0.3) is 0 Å². The maximum atomic E-state index is 12.8. The van der Waals surface area contributed by atoms with Crippen molar-refractivity contribution in [1.82, 2.24) is 20.1 Å². The highest BCUT2D eigenvalue weighted by atomic mass is 32.2. The van der Waals surface area contributed by atoms with E-state index >= 15 is 0 Å². The molecule has 0 spiro atoms. The molecule has 0 aliphatic heterocycles. The van der Waals surface area contributed by atoms with Crippen molar-refractivity contribution in [3.8, 4) is 11.5 Å². The Morgan fingerprint density at radius 3 is 2.40 bits per heavy atom. The number of carbonyl (C=O) groups is 2. The van der Waals surface area contributed by atoms with Crippen molar-refractivity contribution in [3.05, 3.63) is 59.4 Å². The van der Waals surface area contributed by atoms with E-state index in [9.17, 15) is 9.59 Å². The third kappa shape index (κ3) is 6.54. The molecular formula is C25H31N5O4S. The molecule has 1 heterocycles. The average molecular weight is 498 g/mol. The molecule has 0 bridgehead atoms. The summed E-state index contributed by atoms with van der Waals surface area (Å²) in [6.45, 7) is 5.95. The molecule has 0 radical (unpaired) electrons. The Morgan fingerprint density at radius 2 is 1.77 bits per heavy atom. The molecular weight excluding hydrogens is 466 g/mol. The van der Waals surface area contributed by atoms with Crippen LogP contribution in [0.3, 0.4) is 0 Å². The molecule has 0 unspecified atom stereocenters. The zero-order chi connectivity index (χ0) is 25.5. The minimum Gasteiger partial charge on any atom is -0.497 e.